The van der Waals surface area contributed by atoms with E-state index in [1.807, 2.05) is 31.3 Å². The number of hydrogen-bond donors (Lipinski definition) is 2. The van der Waals surface area contributed by atoms with Gasteiger partial charge in [-0.05, 0) is 24.6 Å². The van der Waals surface area contributed by atoms with E-state index in [0.717, 1.165) is 21.3 Å². The molecule has 3 N–H and O–H groups in total. The normalized spacial score (nSPS) is 10.4. The van der Waals surface area contributed by atoms with Crippen LogP contribution in [0.25, 0.3) is 0 Å². The van der Waals surface area contributed by atoms with Crippen molar-refractivity contribution in [1.29, 1.82) is 0 Å². The fraction of sp³-hybridized carbons (Fsp3) is 0.100. The van der Waals surface area contributed by atoms with Crippen molar-refractivity contribution in [2.24, 2.45) is 0 Å². The van der Waals surface area contributed by atoms with E-state index < -0.39 is 0 Å². The Bertz CT molecular complexity index is 423. The van der Waals surface area contributed by atoms with Crippen molar-refractivity contribution in [2.75, 3.05) is 5.73 Å². The predicted octanol–water partition coefficient (Wildman–Crippen LogP) is 2.45. The SMILES string of the molecule is Cc1c(N)cccc1Sc1ncc[nH]1. The van der Waals surface area contributed by atoms with Gasteiger partial charge in [-0.3, -0.25) is 0 Å². The fourth-order valence-electron chi connectivity index (χ4n) is 1.15. The monoisotopic (exact) mass is 205 g/mol. The minimum atomic E-state index is 0.821. The molecule has 0 saturated carbocycles. The van der Waals surface area contributed by atoms with Crippen LogP contribution in [0.2, 0.25) is 0 Å². The van der Waals surface area contributed by atoms with Crippen LogP contribution < -0.4 is 5.73 Å². The van der Waals surface area contributed by atoms with Gasteiger partial charge in [0.05, 0.1) is 0 Å². The number of hydrogen-bond acceptors (Lipinski definition) is 3. The predicted molar refractivity (Wildman–Crippen MR) is 58.3 cm³/mol. The molecular weight excluding hydrogens is 194 g/mol. The Morgan fingerprint density at radius 3 is 3.00 bits per heavy atom. The van der Waals surface area contributed by atoms with E-state index in [2.05, 4.69) is 9.97 Å². The molecule has 2 aromatic rings. The summed E-state index contributed by atoms with van der Waals surface area (Å²) in [5.74, 6) is 0. The zero-order chi connectivity index (χ0) is 9.97. The van der Waals surface area contributed by atoms with Gasteiger partial charge in [0.15, 0.2) is 5.16 Å². The molecule has 4 heteroatoms. The van der Waals surface area contributed by atoms with Crippen LogP contribution in [0.1, 0.15) is 5.56 Å². The molecule has 0 amide bonds. The van der Waals surface area contributed by atoms with Crippen molar-refractivity contribution in [3.8, 4) is 0 Å². The summed E-state index contributed by atoms with van der Waals surface area (Å²) in [4.78, 5) is 8.33. The van der Waals surface area contributed by atoms with E-state index in [0.29, 0.717) is 0 Å². The highest BCUT2D eigenvalue weighted by molar-refractivity contribution is 7.99. The second-order valence-electron chi connectivity index (χ2n) is 2.97. The lowest BCUT2D eigenvalue weighted by Crippen LogP contribution is -1.90. The molecule has 14 heavy (non-hydrogen) atoms. The van der Waals surface area contributed by atoms with Crippen LogP contribution in [0.5, 0.6) is 0 Å². The van der Waals surface area contributed by atoms with Crippen molar-refractivity contribution < 1.29 is 0 Å². The maximum Gasteiger partial charge on any atom is 0.170 e. The van der Waals surface area contributed by atoms with Crippen LogP contribution in [0.4, 0.5) is 5.69 Å². The number of benzene rings is 1. The van der Waals surface area contributed by atoms with E-state index in [1.165, 1.54) is 0 Å². The molecule has 0 radical (unpaired) electrons. The molecule has 0 spiro atoms. The number of nitrogens with one attached hydrogen (secondary N) is 1. The second-order valence-corrected chi connectivity index (χ2v) is 4.00. The molecule has 1 heterocycles. The van der Waals surface area contributed by atoms with Crippen LogP contribution in [0.15, 0.2) is 40.6 Å². The van der Waals surface area contributed by atoms with Gasteiger partial charge in [-0.1, -0.05) is 17.8 Å². The molecule has 72 valence electrons. The molecule has 0 unspecified atom stereocenters. The molecule has 0 aliphatic rings. The maximum absolute atomic E-state index is 5.81. The Morgan fingerprint density at radius 2 is 2.29 bits per heavy atom. The Kier molecular flexibility index (Phi) is 2.45. The average Bonchev–Trinajstić information content (AvgIpc) is 2.66. The summed E-state index contributed by atoms with van der Waals surface area (Å²) in [6.45, 7) is 2.01. The summed E-state index contributed by atoms with van der Waals surface area (Å²) in [6, 6.07) is 5.90. The lowest BCUT2D eigenvalue weighted by Gasteiger charge is -2.05. The number of imidazole rings is 1. The summed E-state index contributed by atoms with van der Waals surface area (Å²) in [7, 11) is 0. The summed E-state index contributed by atoms with van der Waals surface area (Å²) >= 11 is 1.59. The van der Waals surface area contributed by atoms with Crippen molar-refractivity contribution in [3.63, 3.8) is 0 Å². The lowest BCUT2D eigenvalue weighted by atomic mass is 10.2. The number of aromatic amines is 1. The highest BCUT2D eigenvalue weighted by atomic mass is 32.2. The van der Waals surface area contributed by atoms with Crippen molar-refractivity contribution in [1.82, 2.24) is 9.97 Å². The number of aromatic nitrogens is 2. The van der Waals surface area contributed by atoms with E-state index in [-0.39, 0.29) is 0 Å². The molecule has 1 aromatic carbocycles. The third-order valence-electron chi connectivity index (χ3n) is 2.01. The Labute approximate surface area is 86.7 Å². The molecule has 0 atom stereocenters. The number of nitrogen functional groups attached to an aromatic ring is 1. The molecule has 0 bridgehead atoms. The first kappa shape index (κ1) is 9.15. The molecule has 2 rings (SSSR count). The van der Waals surface area contributed by atoms with Gasteiger partial charge < -0.3 is 10.7 Å². The number of nitrogens with two attached hydrogens (primary N) is 1. The van der Waals surface area contributed by atoms with Gasteiger partial charge >= 0.3 is 0 Å². The third kappa shape index (κ3) is 1.75. The molecule has 0 aliphatic carbocycles. The molecule has 0 aliphatic heterocycles. The minimum absolute atomic E-state index is 0.821. The van der Waals surface area contributed by atoms with Gasteiger partial charge in [-0.2, -0.15) is 0 Å². The standard InChI is InChI=1S/C10H11N3S/c1-7-8(11)3-2-4-9(7)14-10-12-5-6-13-10/h2-6H,11H2,1H3,(H,12,13). The first-order valence-corrected chi connectivity index (χ1v) is 5.11. The summed E-state index contributed by atoms with van der Waals surface area (Å²) in [6.07, 6.45) is 3.55. The molecule has 0 fully saturated rings. The van der Waals surface area contributed by atoms with Crippen molar-refractivity contribution in [2.45, 2.75) is 17.0 Å². The Balaban J connectivity index is 2.29. The largest absolute Gasteiger partial charge is 0.398 e. The van der Waals surface area contributed by atoms with E-state index in [4.69, 9.17) is 5.73 Å². The molecule has 3 nitrogen and oxygen atoms in total. The van der Waals surface area contributed by atoms with Crippen molar-refractivity contribution in [3.05, 3.63) is 36.2 Å². The van der Waals surface area contributed by atoms with Gasteiger partial charge in [-0.15, -0.1) is 0 Å². The van der Waals surface area contributed by atoms with E-state index in [1.54, 1.807) is 18.0 Å². The van der Waals surface area contributed by atoms with Gasteiger partial charge in [0, 0.05) is 23.0 Å². The Morgan fingerprint density at radius 1 is 1.43 bits per heavy atom. The molecule has 0 saturated heterocycles. The van der Waals surface area contributed by atoms with Crippen LogP contribution in [-0.4, -0.2) is 9.97 Å². The van der Waals surface area contributed by atoms with Crippen LogP contribution in [0, 0.1) is 6.92 Å². The van der Waals surface area contributed by atoms with Gasteiger partial charge in [0.2, 0.25) is 0 Å². The second kappa shape index (κ2) is 3.75. The van der Waals surface area contributed by atoms with E-state index in [9.17, 15) is 0 Å². The highest BCUT2D eigenvalue weighted by Crippen LogP contribution is 2.29. The van der Waals surface area contributed by atoms with Gasteiger partial charge in [0.25, 0.3) is 0 Å². The summed E-state index contributed by atoms with van der Waals surface area (Å²) in [5, 5.41) is 0.888. The minimum Gasteiger partial charge on any atom is -0.398 e. The first-order chi connectivity index (χ1) is 6.77. The fourth-order valence-corrected chi connectivity index (χ4v) is 2.02. The lowest BCUT2D eigenvalue weighted by molar-refractivity contribution is 1.06. The average molecular weight is 205 g/mol. The number of anilines is 1. The Hall–Kier alpha value is -1.42. The van der Waals surface area contributed by atoms with Gasteiger partial charge in [-0.25, -0.2) is 4.98 Å². The van der Waals surface area contributed by atoms with Crippen LogP contribution >= 0.6 is 11.8 Å². The van der Waals surface area contributed by atoms with Crippen molar-refractivity contribution >= 4 is 17.4 Å². The van der Waals surface area contributed by atoms with Crippen LogP contribution in [0.3, 0.4) is 0 Å². The topological polar surface area (TPSA) is 54.7 Å². The smallest absolute Gasteiger partial charge is 0.170 e. The zero-order valence-electron chi connectivity index (χ0n) is 7.82. The number of nitrogens with zero attached hydrogens (tertiary/aromatic N) is 1. The molecular formula is C10H11N3S. The molecule has 1 aromatic heterocycles. The summed E-state index contributed by atoms with van der Waals surface area (Å²) in [5.41, 5.74) is 7.73. The number of H-pyrrole nitrogens is 1. The maximum atomic E-state index is 5.81. The van der Waals surface area contributed by atoms with E-state index >= 15 is 0 Å². The quantitative estimate of drug-likeness (QED) is 0.740. The highest BCUT2D eigenvalue weighted by Gasteiger charge is 2.04. The first-order valence-electron chi connectivity index (χ1n) is 4.29. The summed E-state index contributed by atoms with van der Waals surface area (Å²) < 4.78 is 0. The van der Waals surface area contributed by atoms with Gasteiger partial charge in [0.1, 0.15) is 0 Å². The third-order valence-corrected chi connectivity index (χ3v) is 3.08. The number of rotatable bonds is 2. The van der Waals surface area contributed by atoms with Crippen LogP contribution in [-0.2, 0) is 0 Å². The zero-order valence-corrected chi connectivity index (χ0v) is 8.64.